The molecule has 1 fully saturated rings. The molecule has 5 nitrogen and oxygen atoms in total. The van der Waals surface area contributed by atoms with Crippen LogP contribution in [-0.2, 0) is 31.4 Å². The Bertz CT molecular complexity index is 670. The predicted molar refractivity (Wildman–Crippen MR) is 78.4 cm³/mol. The summed E-state index contributed by atoms with van der Waals surface area (Å²) in [6.07, 6.45) is 2.65. The zero-order chi connectivity index (χ0) is 15.1. The summed E-state index contributed by atoms with van der Waals surface area (Å²) >= 11 is 0. The Balaban J connectivity index is 1.70. The van der Waals surface area contributed by atoms with Crippen LogP contribution in [0.4, 0.5) is 0 Å². The number of ether oxygens (including phenoxy) is 1. The number of carbonyl (C=O) groups excluding carboxylic acids is 1. The smallest absolute Gasteiger partial charge is 0.237 e. The third-order valence-corrected chi connectivity index (χ3v) is 5.81. The lowest BCUT2D eigenvalue weighted by Gasteiger charge is -2.12. The first-order valence-electron chi connectivity index (χ1n) is 7.10. The molecule has 0 bridgehead atoms. The van der Waals surface area contributed by atoms with Gasteiger partial charge in [0.15, 0.2) is 0 Å². The van der Waals surface area contributed by atoms with Gasteiger partial charge in [-0.1, -0.05) is 24.3 Å². The summed E-state index contributed by atoms with van der Waals surface area (Å²) in [4.78, 5) is 12.2. The van der Waals surface area contributed by atoms with E-state index in [4.69, 9.17) is 4.74 Å². The van der Waals surface area contributed by atoms with Crippen molar-refractivity contribution in [1.82, 2.24) is 4.72 Å². The van der Waals surface area contributed by atoms with Crippen LogP contribution < -0.4 is 4.72 Å². The van der Waals surface area contributed by atoms with E-state index in [1.54, 1.807) is 0 Å². The molecule has 3 rings (SSSR count). The third kappa shape index (κ3) is 2.58. The van der Waals surface area contributed by atoms with Gasteiger partial charge in [0.2, 0.25) is 15.9 Å². The molecule has 0 heterocycles. The van der Waals surface area contributed by atoms with E-state index in [9.17, 15) is 13.2 Å². The standard InChI is InChI=1S/C15H19NO4S/c1-20-8-9-21(18,19)16-14(17)13-10-15(13)7-6-11-4-2-3-5-12(11)15/h2-5,13H,6-10H2,1H3,(H,16,17)/t13-,15+/m1/s1. The highest BCUT2D eigenvalue weighted by atomic mass is 32.2. The normalized spacial score (nSPS) is 26.6. The predicted octanol–water partition coefficient (Wildman–Crippen LogP) is 0.983. The summed E-state index contributed by atoms with van der Waals surface area (Å²) in [6.45, 7) is 0.0846. The maximum atomic E-state index is 12.2. The third-order valence-electron chi connectivity index (χ3n) is 4.60. The maximum Gasteiger partial charge on any atom is 0.237 e. The molecule has 2 aliphatic carbocycles. The van der Waals surface area contributed by atoms with Gasteiger partial charge in [-0.15, -0.1) is 0 Å². The fraction of sp³-hybridized carbons (Fsp3) is 0.533. The average Bonchev–Trinajstić information content (AvgIpc) is 3.07. The van der Waals surface area contributed by atoms with E-state index in [-0.39, 0.29) is 29.6 Å². The molecule has 2 aliphatic rings. The zero-order valence-corrected chi connectivity index (χ0v) is 12.8. The van der Waals surface area contributed by atoms with Gasteiger partial charge < -0.3 is 4.74 Å². The second-order valence-electron chi connectivity index (χ2n) is 5.85. The Morgan fingerprint density at radius 1 is 1.43 bits per heavy atom. The number of sulfonamides is 1. The van der Waals surface area contributed by atoms with E-state index < -0.39 is 10.0 Å². The highest BCUT2D eigenvalue weighted by molar-refractivity contribution is 7.90. The van der Waals surface area contributed by atoms with E-state index in [0.29, 0.717) is 0 Å². The molecule has 0 aromatic heterocycles. The number of hydrogen-bond acceptors (Lipinski definition) is 4. The summed E-state index contributed by atoms with van der Waals surface area (Å²) in [7, 11) is -2.16. The molecule has 114 valence electrons. The number of fused-ring (bicyclic) bond motifs is 2. The molecule has 1 saturated carbocycles. The summed E-state index contributed by atoms with van der Waals surface area (Å²) in [5.74, 6) is -0.785. The summed E-state index contributed by atoms with van der Waals surface area (Å²) in [5.41, 5.74) is 2.38. The van der Waals surface area contributed by atoms with Gasteiger partial charge in [0.25, 0.3) is 0 Å². The van der Waals surface area contributed by atoms with Gasteiger partial charge in [0.1, 0.15) is 0 Å². The van der Waals surface area contributed by atoms with Crippen LogP contribution in [0.2, 0.25) is 0 Å². The second kappa shape index (κ2) is 5.10. The maximum absolute atomic E-state index is 12.2. The Morgan fingerprint density at radius 2 is 2.19 bits per heavy atom. The zero-order valence-electron chi connectivity index (χ0n) is 12.0. The largest absolute Gasteiger partial charge is 0.384 e. The molecule has 1 amide bonds. The quantitative estimate of drug-likeness (QED) is 0.880. The fourth-order valence-electron chi connectivity index (χ4n) is 3.41. The summed E-state index contributed by atoms with van der Waals surface area (Å²) < 4.78 is 30.5. The molecule has 1 aromatic carbocycles. The topological polar surface area (TPSA) is 72.5 Å². The van der Waals surface area contributed by atoms with Gasteiger partial charge in [0.05, 0.1) is 12.4 Å². The monoisotopic (exact) mass is 309 g/mol. The molecule has 2 atom stereocenters. The van der Waals surface area contributed by atoms with E-state index >= 15 is 0 Å². The molecule has 21 heavy (non-hydrogen) atoms. The number of amides is 1. The molecule has 0 radical (unpaired) electrons. The molecule has 6 heteroatoms. The van der Waals surface area contributed by atoms with Gasteiger partial charge in [-0.3, -0.25) is 9.52 Å². The minimum Gasteiger partial charge on any atom is -0.384 e. The van der Waals surface area contributed by atoms with Crippen molar-refractivity contribution in [2.45, 2.75) is 24.7 Å². The number of rotatable bonds is 5. The second-order valence-corrected chi connectivity index (χ2v) is 7.69. The minimum atomic E-state index is -3.60. The highest BCUT2D eigenvalue weighted by Gasteiger charge is 2.61. The lowest BCUT2D eigenvalue weighted by Crippen LogP contribution is -2.36. The first kappa shape index (κ1) is 14.5. The first-order valence-corrected chi connectivity index (χ1v) is 8.75. The molecule has 0 saturated heterocycles. The van der Waals surface area contributed by atoms with Crippen molar-refractivity contribution in [1.29, 1.82) is 0 Å². The van der Waals surface area contributed by atoms with E-state index in [1.165, 1.54) is 18.2 Å². The van der Waals surface area contributed by atoms with Crippen molar-refractivity contribution < 1.29 is 17.9 Å². The summed E-state index contributed by atoms with van der Waals surface area (Å²) in [6, 6.07) is 8.14. The molecule has 1 spiro atoms. The van der Waals surface area contributed by atoms with Crippen molar-refractivity contribution in [3.05, 3.63) is 35.4 Å². The number of hydrogen-bond donors (Lipinski definition) is 1. The van der Waals surface area contributed by atoms with Crippen LogP contribution in [0.5, 0.6) is 0 Å². The molecule has 1 N–H and O–H groups in total. The van der Waals surface area contributed by atoms with Crippen molar-refractivity contribution in [3.8, 4) is 0 Å². The Kier molecular flexibility index (Phi) is 3.53. The lowest BCUT2D eigenvalue weighted by atomic mass is 9.95. The van der Waals surface area contributed by atoms with Crippen molar-refractivity contribution in [2.75, 3.05) is 19.5 Å². The van der Waals surface area contributed by atoms with Crippen molar-refractivity contribution in [3.63, 3.8) is 0 Å². The number of benzene rings is 1. The van der Waals surface area contributed by atoms with Crippen LogP contribution in [0, 0.1) is 5.92 Å². The van der Waals surface area contributed by atoms with Crippen LogP contribution in [-0.4, -0.2) is 33.8 Å². The van der Waals surface area contributed by atoms with Crippen LogP contribution in [0.1, 0.15) is 24.0 Å². The number of nitrogens with one attached hydrogen (secondary N) is 1. The Morgan fingerprint density at radius 3 is 2.95 bits per heavy atom. The van der Waals surface area contributed by atoms with Crippen LogP contribution >= 0.6 is 0 Å². The molecular formula is C15H19NO4S. The number of carbonyl (C=O) groups is 1. The van der Waals surface area contributed by atoms with E-state index in [0.717, 1.165) is 19.3 Å². The van der Waals surface area contributed by atoms with Gasteiger partial charge in [-0.05, 0) is 30.4 Å². The highest BCUT2D eigenvalue weighted by Crippen LogP contribution is 2.61. The minimum absolute atomic E-state index is 0.0846. The SMILES string of the molecule is COCCS(=O)(=O)NC(=O)[C@H]1C[C@]12CCc1ccccc12. The van der Waals surface area contributed by atoms with Gasteiger partial charge >= 0.3 is 0 Å². The molecule has 1 aromatic rings. The van der Waals surface area contributed by atoms with Crippen molar-refractivity contribution in [2.24, 2.45) is 5.92 Å². The van der Waals surface area contributed by atoms with Gasteiger partial charge in [0, 0.05) is 18.4 Å². The lowest BCUT2D eigenvalue weighted by molar-refractivity contribution is -0.121. The van der Waals surface area contributed by atoms with E-state index in [2.05, 4.69) is 16.9 Å². The first-order chi connectivity index (χ1) is 9.98. The fourth-order valence-corrected chi connectivity index (χ4v) is 4.34. The summed E-state index contributed by atoms with van der Waals surface area (Å²) in [5, 5.41) is 0. The number of aryl methyl sites for hydroxylation is 1. The van der Waals surface area contributed by atoms with Crippen LogP contribution in [0.15, 0.2) is 24.3 Å². The Labute approximate surface area is 124 Å². The molecule has 0 aliphatic heterocycles. The van der Waals surface area contributed by atoms with E-state index in [1.807, 2.05) is 12.1 Å². The van der Waals surface area contributed by atoms with Gasteiger partial charge in [-0.25, -0.2) is 8.42 Å². The van der Waals surface area contributed by atoms with Gasteiger partial charge in [-0.2, -0.15) is 0 Å². The van der Waals surface area contributed by atoms with Crippen LogP contribution in [0.25, 0.3) is 0 Å². The Hall–Kier alpha value is -1.40. The molecular weight excluding hydrogens is 290 g/mol. The van der Waals surface area contributed by atoms with Crippen LogP contribution in [0.3, 0.4) is 0 Å². The average molecular weight is 309 g/mol. The number of methoxy groups -OCH3 is 1. The molecule has 0 unspecified atom stereocenters. The van der Waals surface area contributed by atoms with Crippen molar-refractivity contribution >= 4 is 15.9 Å².